The predicted molar refractivity (Wildman–Crippen MR) is 57.4 cm³/mol. The molecule has 0 unspecified atom stereocenters. The molecule has 0 saturated heterocycles. The lowest BCUT2D eigenvalue weighted by Crippen LogP contribution is -1.99. The third-order valence-electron chi connectivity index (χ3n) is 2.17. The van der Waals surface area contributed by atoms with E-state index in [-0.39, 0.29) is 5.82 Å². The molecular weight excluding hydrogens is 202 g/mol. The van der Waals surface area contributed by atoms with Crippen LogP contribution in [0, 0.1) is 22.7 Å². The van der Waals surface area contributed by atoms with Gasteiger partial charge in [-0.25, -0.2) is 4.98 Å². The van der Waals surface area contributed by atoms with Gasteiger partial charge in [-0.1, -0.05) is 0 Å². The Morgan fingerprint density at radius 1 is 1.25 bits per heavy atom. The highest BCUT2D eigenvalue weighted by molar-refractivity contribution is 5.59. The van der Waals surface area contributed by atoms with E-state index >= 15 is 0 Å². The van der Waals surface area contributed by atoms with Crippen molar-refractivity contribution in [2.45, 2.75) is 0 Å². The smallest absolute Gasteiger partial charge is 0.217 e. The van der Waals surface area contributed by atoms with E-state index in [4.69, 9.17) is 16.3 Å². The highest BCUT2D eigenvalue weighted by Gasteiger charge is 2.05. The number of hydrogen-bond acceptors (Lipinski definition) is 4. The first-order chi connectivity index (χ1) is 7.76. The van der Waals surface area contributed by atoms with Gasteiger partial charge >= 0.3 is 0 Å². The van der Waals surface area contributed by atoms with Crippen LogP contribution in [0.15, 0.2) is 30.6 Å². The van der Waals surface area contributed by atoms with Gasteiger partial charge in [0.05, 0.1) is 11.3 Å². The number of anilines is 1. The van der Waals surface area contributed by atoms with E-state index in [9.17, 15) is 0 Å². The summed E-state index contributed by atoms with van der Waals surface area (Å²) < 4.78 is 1.61. The summed E-state index contributed by atoms with van der Waals surface area (Å²) in [6.07, 6.45) is 3.20. The number of nitrogens with zero attached hydrogens (tertiary/aromatic N) is 4. The molecule has 2 N–H and O–H groups in total. The first kappa shape index (κ1) is 9.75. The highest BCUT2D eigenvalue weighted by atomic mass is 15.1. The Kier molecular flexibility index (Phi) is 2.29. The van der Waals surface area contributed by atoms with Gasteiger partial charge < -0.3 is 5.73 Å². The standard InChI is InChI=1S/C11H7N5/c12-6-8-1-2-9(5-10(8)14)16-4-3-15-11(16)7-13/h1-5H,14H2. The fourth-order valence-electron chi connectivity index (χ4n) is 1.40. The Labute approximate surface area is 92.0 Å². The lowest BCUT2D eigenvalue weighted by molar-refractivity contribution is 1.02. The van der Waals surface area contributed by atoms with Crippen LogP contribution < -0.4 is 5.73 Å². The predicted octanol–water partition coefficient (Wildman–Crippen LogP) is 1.20. The average molecular weight is 209 g/mol. The summed E-state index contributed by atoms with van der Waals surface area (Å²) in [4.78, 5) is 3.88. The van der Waals surface area contributed by atoms with Crippen molar-refractivity contribution in [2.75, 3.05) is 5.73 Å². The van der Waals surface area contributed by atoms with Crippen LogP contribution in [0.25, 0.3) is 5.69 Å². The van der Waals surface area contributed by atoms with Crippen molar-refractivity contribution in [3.05, 3.63) is 42.0 Å². The minimum atomic E-state index is 0.282. The molecular formula is C11H7N5. The second kappa shape index (κ2) is 3.76. The van der Waals surface area contributed by atoms with Crippen LogP contribution in [0.5, 0.6) is 0 Å². The minimum absolute atomic E-state index is 0.282. The summed E-state index contributed by atoms with van der Waals surface area (Å²) in [5.41, 5.74) is 7.21. The number of aromatic nitrogens is 2. The largest absolute Gasteiger partial charge is 0.398 e. The topological polar surface area (TPSA) is 91.4 Å². The number of hydrogen-bond donors (Lipinski definition) is 1. The maximum absolute atomic E-state index is 8.82. The number of imidazole rings is 1. The molecule has 76 valence electrons. The van der Waals surface area contributed by atoms with Gasteiger partial charge in [-0.2, -0.15) is 10.5 Å². The first-order valence-corrected chi connectivity index (χ1v) is 4.49. The molecule has 5 nitrogen and oxygen atoms in total. The van der Waals surface area contributed by atoms with Crippen molar-refractivity contribution in [3.63, 3.8) is 0 Å². The van der Waals surface area contributed by atoms with E-state index in [0.717, 1.165) is 0 Å². The van der Waals surface area contributed by atoms with Gasteiger partial charge in [0.1, 0.15) is 12.1 Å². The Bertz CT molecular complexity index is 612. The summed E-state index contributed by atoms with van der Waals surface area (Å²) in [7, 11) is 0. The normalized spacial score (nSPS) is 9.38. The maximum atomic E-state index is 8.82. The number of benzene rings is 1. The monoisotopic (exact) mass is 209 g/mol. The molecule has 16 heavy (non-hydrogen) atoms. The van der Waals surface area contributed by atoms with Gasteiger partial charge in [-0.05, 0) is 18.2 Å². The second-order valence-corrected chi connectivity index (χ2v) is 3.12. The molecule has 0 amide bonds. The van der Waals surface area contributed by atoms with Gasteiger partial charge in [0.2, 0.25) is 5.82 Å². The van der Waals surface area contributed by atoms with Crippen molar-refractivity contribution in [2.24, 2.45) is 0 Å². The van der Waals surface area contributed by atoms with Crippen LogP contribution in [-0.2, 0) is 0 Å². The lowest BCUT2D eigenvalue weighted by Gasteiger charge is -2.05. The molecule has 0 atom stereocenters. The third-order valence-corrected chi connectivity index (χ3v) is 2.17. The molecule has 0 aliphatic heterocycles. The van der Waals surface area contributed by atoms with Crippen LogP contribution in [0.4, 0.5) is 5.69 Å². The first-order valence-electron chi connectivity index (χ1n) is 4.49. The van der Waals surface area contributed by atoms with Crippen LogP contribution in [0.1, 0.15) is 11.4 Å². The van der Waals surface area contributed by atoms with Crippen LogP contribution >= 0.6 is 0 Å². The zero-order chi connectivity index (χ0) is 11.5. The molecule has 1 heterocycles. The Morgan fingerprint density at radius 2 is 2.06 bits per heavy atom. The fraction of sp³-hybridized carbons (Fsp3) is 0. The Morgan fingerprint density at radius 3 is 2.69 bits per heavy atom. The van der Waals surface area contributed by atoms with Gasteiger partial charge in [0.25, 0.3) is 0 Å². The van der Waals surface area contributed by atoms with Crippen molar-refractivity contribution in [1.29, 1.82) is 10.5 Å². The molecule has 2 aromatic rings. The minimum Gasteiger partial charge on any atom is -0.398 e. The number of nitrogens with two attached hydrogens (primary N) is 1. The quantitative estimate of drug-likeness (QED) is 0.714. The molecule has 0 radical (unpaired) electrons. The third kappa shape index (κ3) is 1.47. The fourth-order valence-corrected chi connectivity index (χ4v) is 1.40. The second-order valence-electron chi connectivity index (χ2n) is 3.12. The molecule has 0 bridgehead atoms. The van der Waals surface area contributed by atoms with E-state index in [1.54, 1.807) is 29.0 Å². The van der Waals surface area contributed by atoms with Crippen LogP contribution in [0.2, 0.25) is 0 Å². The van der Waals surface area contributed by atoms with Crippen molar-refractivity contribution >= 4 is 5.69 Å². The van der Waals surface area contributed by atoms with Gasteiger partial charge in [-0.15, -0.1) is 0 Å². The van der Waals surface area contributed by atoms with Gasteiger partial charge in [0.15, 0.2) is 0 Å². The molecule has 1 aromatic heterocycles. The summed E-state index contributed by atoms with van der Waals surface area (Å²) in [5, 5.41) is 17.6. The van der Waals surface area contributed by atoms with E-state index in [0.29, 0.717) is 16.9 Å². The summed E-state index contributed by atoms with van der Waals surface area (Å²) in [6.45, 7) is 0. The average Bonchev–Trinajstić information content (AvgIpc) is 2.77. The SMILES string of the molecule is N#Cc1ccc(-n2ccnc2C#N)cc1N. The van der Waals surface area contributed by atoms with Crippen molar-refractivity contribution in [3.8, 4) is 17.8 Å². The van der Waals surface area contributed by atoms with Gasteiger partial charge in [0, 0.05) is 18.1 Å². The van der Waals surface area contributed by atoms with Crippen molar-refractivity contribution in [1.82, 2.24) is 9.55 Å². The number of rotatable bonds is 1. The molecule has 2 rings (SSSR count). The lowest BCUT2D eigenvalue weighted by atomic mass is 10.2. The van der Waals surface area contributed by atoms with Crippen molar-refractivity contribution < 1.29 is 0 Å². The Hall–Kier alpha value is -2.79. The summed E-state index contributed by atoms with van der Waals surface area (Å²) >= 11 is 0. The molecule has 5 heteroatoms. The zero-order valence-electron chi connectivity index (χ0n) is 8.25. The molecule has 0 fully saturated rings. The number of nitriles is 2. The summed E-state index contributed by atoms with van der Waals surface area (Å²) in [6, 6.07) is 8.93. The van der Waals surface area contributed by atoms with E-state index in [2.05, 4.69) is 4.98 Å². The molecule has 0 saturated carbocycles. The van der Waals surface area contributed by atoms with Crippen LogP contribution in [0.3, 0.4) is 0 Å². The highest BCUT2D eigenvalue weighted by Crippen LogP contribution is 2.17. The van der Waals surface area contributed by atoms with E-state index < -0.39 is 0 Å². The molecule has 0 spiro atoms. The Balaban J connectivity index is 2.56. The molecule has 0 aliphatic rings. The summed E-state index contributed by atoms with van der Waals surface area (Å²) in [5.74, 6) is 0.282. The molecule has 0 aliphatic carbocycles. The van der Waals surface area contributed by atoms with E-state index in [1.165, 1.54) is 6.20 Å². The number of nitrogen functional groups attached to an aromatic ring is 1. The molecule has 1 aromatic carbocycles. The van der Waals surface area contributed by atoms with Gasteiger partial charge in [-0.3, -0.25) is 4.57 Å². The van der Waals surface area contributed by atoms with Crippen LogP contribution in [-0.4, -0.2) is 9.55 Å². The zero-order valence-corrected chi connectivity index (χ0v) is 8.25. The van der Waals surface area contributed by atoms with E-state index in [1.807, 2.05) is 12.1 Å². The maximum Gasteiger partial charge on any atom is 0.217 e.